The summed E-state index contributed by atoms with van der Waals surface area (Å²) in [4.78, 5) is 16.2. The first-order chi connectivity index (χ1) is 13.3. The van der Waals surface area contributed by atoms with Crippen LogP contribution in [0.25, 0.3) is 10.8 Å². The zero-order valence-electron chi connectivity index (χ0n) is 14.8. The highest BCUT2D eigenvalue weighted by molar-refractivity contribution is 7.99. The highest BCUT2D eigenvalue weighted by Crippen LogP contribution is 2.37. The minimum absolute atomic E-state index is 0.128. The monoisotopic (exact) mass is 407 g/mol. The van der Waals surface area contributed by atoms with Crippen molar-refractivity contribution in [2.75, 3.05) is 5.75 Å². The van der Waals surface area contributed by atoms with Crippen molar-refractivity contribution < 1.29 is 27.8 Å². The maximum Gasteiger partial charge on any atom is 0.416 e. The Morgan fingerprint density at radius 1 is 1.18 bits per heavy atom. The highest BCUT2D eigenvalue weighted by Gasteiger charge is 2.30. The summed E-state index contributed by atoms with van der Waals surface area (Å²) in [7, 11) is 0. The molecule has 0 aliphatic carbocycles. The van der Waals surface area contributed by atoms with Gasteiger partial charge < -0.3 is 9.84 Å². The summed E-state index contributed by atoms with van der Waals surface area (Å²) in [5.74, 6) is 0.176. The fraction of sp³-hybridized carbons (Fsp3) is 0.200. The molecule has 1 N–H and O–H groups in total. The van der Waals surface area contributed by atoms with E-state index in [9.17, 15) is 18.0 Å². The molecule has 146 valence electrons. The first-order valence-corrected chi connectivity index (χ1v) is 9.37. The van der Waals surface area contributed by atoms with Gasteiger partial charge in [-0.15, -0.1) is 11.8 Å². The van der Waals surface area contributed by atoms with E-state index in [1.165, 1.54) is 12.1 Å². The van der Waals surface area contributed by atoms with Crippen LogP contribution in [0.4, 0.5) is 13.2 Å². The van der Waals surface area contributed by atoms with E-state index in [-0.39, 0.29) is 23.4 Å². The molecule has 0 aliphatic rings. The van der Waals surface area contributed by atoms with Crippen LogP contribution in [-0.2, 0) is 17.4 Å². The highest BCUT2D eigenvalue weighted by atomic mass is 32.2. The van der Waals surface area contributed by atoms with E-state index in [2.05, 4.69) is 4.98 Å². The lowest BCUT2D eigenvalue weighted by Gasteiger charge is -2.13. The van der Waals surface area contributed by atoms with Gasteiger partial charge in [-0.1, -0.05) is 19.1 Å². The van der Waals surface area contributed by atoms with E-state index >= 15 is 0 Å². The topological polar surface area (TPSA) is 59.4 Å². The van der Waals surface area contributed by atoms with Crippen LogP contribution in [0.3, 0.4) is 0 Å². The summed E-state index contributed by atoms with van der Waals surface area (Å²) in [6, 6.07) is 9.69. The van der Waals surface area contributed by atoms with E-state index in [0.29, 0.717) is 10.9 Å². The molecule has 4 nitrogen and oxygen atoms in total. The number of carboxylic acids is 1. The molecule has 1 aromatic heterocycles. The molecular formula is C20H16F3NO3S. The summed E-state index contributed by atoms with van der Waals surface area (Å²) in [5.41, 5.74) is -0.383. The molecule has 0 fully saturated rings. The maximum atomic E-state index is 13.1. The molecule has 3 aromatic rings. The Kier molecular flexibility index (Phi) is 5.79. The first-order valence-electron chi connectivity index (χ1n) is 8.38. The number of pyridine rings is 1. The molecule has 0 radical (unpaired) electrons. The van der Waals surface area contributed by atoms with Gasteiger partial charge in [0.1, 0.15) is 5.75 Å². The average molecular weight is 407 g/mol. The predicted molar refractivity (Wildman–Crippen MR) is 101 cm³/mol. The van der Waals surface area contributed by atoms with Crippen molar-refractivity contribution in [3.8, 4) is 11.6 Å². The van der Waals surface area contributed by atoms with Crippen LogP contribution in [-0.4, -0.2) is 21.8 Å². The van der Waals surface area contributed by atoms with Crippen molar-refractivity contribution in [1.29, 1.82) is 0 Å². The van der Waals surface area contributed by atoms with Crippen LogP contribution in [0.15, 0.2) is 53.6 Å². The van der Waals surface area contributed by atoms with Crippen molar-refractivity contribution in [3.63, 3.8) is 0 Å². The SMILES string of the molecule is CCSc1ccc(Oc2cc(CC(=O)O)cc3ccc(C(F)(F)F)cc23)nc1. The second kappa shape index (κ2) is 8.10. The summed E-state index contributed by atoms with van der Waals surface area (Å²) < 4.78 is 45.1. The minimum Gasteiger partial charge on any atom is -0.481 e. The van der Waals surface area contributed by atoms with E-state index in [4.69, 9.17) is 9.84 Å². The molecule has 8 heteroatoms. The van der Waals surface area contributed by atoms with Crippen molar-refractivity contribution in [2.45, 2.75) is 24.4 Å². The zero-order chi connectivity index (χ0) is 20.3. The quantitative estimate of drug-likeness (QED) is 0.525. The van der Waals surface area contributed by atoms with Gasteiger partial charge in [0.05, 0.1) is 12.0 Å². The molecule has 1 heterocycles. The number of alkyl halides is 3. The van der Waals surface area contributed by atoms with Gasteiger partial charge in [-0.25, -0.2) is 4.98 Å². The van der Waals surface area contributed by atoms with Gasteiger partial charge in [0.25, 0.3) is 0 Å². The first kappa shape index (κ1) is 20.0. The summed E-state index contributed by atoms with van der Waals surface area (Å²) >= 11 is 1.60. The number of aliphatic carboxylic acids is 1. The fourth-order valence-electron chi connectivity index (χ4n) is 2.71. The lowest BCUT2D eigenvalue weighted by molar-refractivity contribution is -0.138. The lowest BCUT2D eigenvalue weighted by Crippen LogP contribution is -2.05. The number of aromatic nitrogens is 1. The Hall–Kier alpha value is -2.74. The maximum absolute atomic E-state index is 13.1. The molecule has 0 saturated heterocycles. The van der Waals surface area contributed by atoms with Crippen LogP contribution < -0.4 is 4.74 Å². The van der Waals surface area contributed by atoms with Gasteiger partial charge in [-0.05, 0) is 41.0 Å². The number of rotatable bonds is 6. The van der Waals surface area contributed by atoms with Crippen molar-refractivity contribution in [1.82, 2.24) is 4.98 Å². The van der Waals surface area contributed by atoms with Gasteiger partial charge in [0, 0.05) is 22.5 Å². The van der Waals surface area contributed by atoms with Crippen molar-refractivity contribution in [2.24, 2.45) is 0 Å². The molecule has 0 amide bonds. The van der Waals surface area contributed by atoms with Crippen LogP contribution in [0.5, 0.6) is 11.6 Å². The molecule has 2 aromatic carbocycles. The number of hydrogen-bond acceptors (Lipinski definition) is 4. The number of fused-ring (bicyclic) bond motifs is 1. The molecule has 0 saturated carbocycles. The van der Waals surface area contributed by atoms with E-state index in [1.54, 1.807) is 36.2 Å². The smallest absolute Gasteiger partial charge is 0.416 e. The van der Waals surface area contributed by atoms with Gasteiger partial charge >= 0.3 is 12.1 Å². The van der Waals surface area contributed by atoms with E-state index < -0.39 is 17.7 Å². The largest absolute Gasteiger partial charge is 0.481 e. The zero-order valence-corrected chi connectivity index (χ0v) is 15.6. The third kappa shape index (κ3) is 4.75. The van der Waals surface area contributed by atoms with Gasteiger partial charge in [0.15, 0.2) is 0 Å². The van der Waals surface area contributed by atoms with E-state index in [1.807, 2.05) is 6.92 Å². The Balaban J connectivity index is 2.06. The number of ether oxygens (including phenoxy) is 1. The van der Waals surface area contributed by atoms with Gasteiger partial charge in [-0.3, -0.25) is 4.79 Å². The minimum atomic E-state index is -4.50. The molecule has 3 rings (SSSR count). The third-order valence-corrected chi connectivity index (χ3v) is 4.76. The number of carboxylic acid groups (broad SMARTS) is 1. The number of benzene rings is 2. The summed E-state index contributed by atoms with van der Waals surface area (Å²) in [6.45, 7) is 2.01. The lowest BCUT2D eigenvalue weighted by atomic mass is 10.0. The Labute approximate surface area is 163 Å². The predicted octanol–water partition coefficient (Wildman–Crippen LogP) is 5.79. The average Bonchev–Trinajstić information content (AvgIpc) is 2.62. The molecule has 0 bridgehead atoms. The molecule has 28 heavy (non-hydrogen) atoms. The second-order valence-corrected chi connectivity index (χ2v) is 7.30. The molecule has 0 aliphatic heterocycles. The van der Waals surface area contributed by atoms with Crippen LogP contribution in [0, 0.1) is 0 Å². The standard InChI is InChI=1S/C20H16F3NO3S/c1-2-28-15-5-6-18(24-11-15)27-17-8-12(9-19(25)26)7-13-3-4-14(10-16(13)17)20(21,22)23/h3-8,10-11H,2,9H2,1H3,(H,25,26). The number of hydrogen-bond donors (Lipinski definition) is 1. The molecular weight excluding hydrogens is 391 g/mol. The number of carbonyl (C=O) groups is 1. The van der Waals surface area contributed by atoms with Crippen molar-refractivity contribution in [3.05, 3.63) is 59.8 Å². The fourth-order valence-corrected chi connectivity index (χ4v) is 3.34. The number of nitrogens with zero attached hydrogens (tertiary/aromatic N) is 1. The molecule has 0 atom stereocenters. The third-order valence-electron chi connectivity index (χ3n) is 3.89. The van der Waals surface area contributed by atoms with E-state index in [0.717, 1.165) is 22.8 Å². The Morgan fingerprint density at radius 3 is 2.57 bits per heavy atom. The normalized spacial score (nSPS) is 11.6. The Morgan fingerprint density at radius 2 is 1.96 bits per heavy atom. The summed E-state index contributed by atoms with van der Waals surface area (Å²) in [5, 5.41) is 9.74. The van der Waals surface area contributed by atoms with Crippen molar-refractivity contribution >= 4 is 28.5 Å². The molecule has 0 spiro atoms. The second-order valence-electron chi connectivity index (χ2n) is 5.97. The summed E-state index contributed by atoms with van der Waals surface area (Å²) in [6.07, 6.45) is -3.15. The number of halogens is 3. The number of thioether (sulfide) groups is 1. The van der Waals surface area contributed by atoms with Gasteiger partial charge in [0.2, 0.25) is 5.88 Å². The van der Waals surface area contributed by atoms with Gasteiger partial charge in [-0.2, -0.15) is 13.2 Å². The van der Waals surface area contributed by atoms with Crippen LogP contribution >= 0.6 is 11.8 Å². The Bertz CT molecular complexity index is 1000. The van der Waals surface area contributed by atoms with Crippen LogP contribution in [0.2, 0.25) is 0 Å². The van der Waals surface area contributed by atoms with Crippen LogP contribution in [0.1, 0.15) is 18.1 Å². The molecule has 0 unspecified atom stereocenters.